The van der Waals surface area contributed by atoms with Crippen LogP contribution in [0.5, 0.6) is 0 Å². The molecule has 0 aliphatic rings. The number of hydrogen-bond donors (Lipinski definition) is 0. The highest BCUT2D eigenvalue weighted by Gasteiger charge is 2.14. The van der Waals surface area contributed by atoms with E-state index in [-0.39, 0.29) is 5.41 Å². The molecule has 0 spiro atoms. The summed E-state index contributed by atoms with van der Waals surface area (Å²) in [7, 11) is 0. The Morgan fingerprint density at radius 3 is 2.38 bits per heavy atom. The van der Waals surface area contributed by atoms with Crippen molar-refractivity contribution in [2.24, 2.45) is 4.99 Å². The molecule has 4 aromatic rings. The Balaban J connectivity index is 1.61. The molecule has 146 valence electrons. The molecule has 4 rings (SSSR count). The van der Waals surface area contributed by atoms with E-state index in [0.717, 1.165) is 27.9 Å². The number of aliphatic imine (C=N–C) groups is 1. The van der Waals surface area contributed by atoms with Gasteiger partial charge in [-0.3, -0.25) is 4.99 Å². The summed E-state index contributed by atoms with van der Waals surface area (Å²) >= 11 is 12.1. The third-order valence-electron chi connectivity index (χ3n) is 4.68. The molecule has 0 radical (unpaired) electrons. The first-order valence-corrected chi connectivity index (χ1v) is 10.1. The fourth-order valence-corrected chi connectivity index (χ4v) is 3.44. The van der Waals surface area contributed by atoms with Crippen LogP contribution in [0.25, 0.3) is 22.6 Å². The standard InChI is InChI=1S/C24H20Cl2N2O/c1-24(2,3)17-7-4-15(5-8-17)23-28-21-13-19(10-11-22(21)29-23)27-14-16-6-9-18(25)12-20(16)26/h4-14H,1-3H3. The smallest absolute Gasteiger partial charge is 0.227 e. The molecule has 1 aromatic heterocycles. The van der Waals surface area contributed by atoms with Crippen LogP contribution in [0.4, 0.5) is 5.69 Å². The maximum Gasteiger partial charge on any atom is 0.227 e. The Morgan fingerprint density at radius 2 is 1.69 bits per heavy atom. The van der Waals surface area contributed by atoms with Crippen LogP contribution in [-0.4, -0.2) is 11.2 Å². The van der Waals surface area contributed by atoms with Crippen molar-refractivity contribution in [3.8, 4) is 11.5 Å². The first-order valence-electron chi connectivity index (χ1n) is 9.30. The number of halogens is 2. The van der Waals surface area contributed by atoms with Gasteiger partial charge in [0.2, 0.25) is 5.89 Å². The Morgan fingerprint density at radius 1 is 0.931 bits per heavy atom. The van der Waals surface area contributed by atoms with Gasteiger partial charge in [0.05, 0.1) is 10.7 Å². The lowest BCUT2D eigenvalue weighted by atomic mass is 9.87. The molecule has 3 aromatic carbocycles. The van der Waals surface area contributed by atoms with Crippen LogP contribution >= 0.6 is 23.2 Å². The second kappa shape index (κ2) is 7.66. The SMILES string of the molecule is CC(C)(C)c1ccc(-c2nc3cc(N=Cc4ccc(Cl)cc4Cl)ccc3o2)cc1. The number of oxazole rings is 1. The molecule has 0 saturated carbocycles. The first kappa shape index (κ1) is 19.7. The van der Waals surface area contributed by atoms with Crippen molar-refractivity contribution in [1.82, 2.24) is 4.98 Å². The number of benzene rings is 3. The second-order valence-electron chi connectivity index (χ2n) is 7.92. The van der Waals surface area contributed by atoms with Gasteiger partial charge in [-0.25, -0.2) is 4.98 Å². The van der Waals surface area contributed by atoms with Crippen molar-refractivity contribution in [2.45, 2.75) is 26.2 Å². The average Bonchev–Trinajstić information content (AvgIpc) is 3.10. The van der Waals surface area contributed by atoms with Crippen LogP contribution in [0, 0.1) is 0 Å². The number of fused-ring (bicyclic) bond motifs is 1. The van der Waals surface area contributed by atoms with E-state index in [9.17, 15) is 0 Å². The van der Waals surface area contributed by atoms with Gasteiger partial charge in [0.25, 0.3) is 0 Å². The molecule has 1 heterocycles. The van der Waals surface area contributed by atoms with Crippen LogP contribution < -0.4 is 0 Å². The number of rotatable bonds is 3. The minimum absolute atomic E-state index is 0.111. The fourth-order valence-electron chi connectivity index (χ4n) is 2.98. The van der Waals surface area contributed by atoms with E-state index in [1.165, 1.54) is 5.56 Å². The van der Waals surface area contributed by atoms with E-state index < -0.39 is 0 Å². The van der Waals surface area contributed by atoms with Crippen molar-refractivity contribution < 1.29 is 4.42 Å². The molecule has 3 nitrogen and oxygen atoms in total. The molecule has 0 aliphatic heterocycles. The summed E-state index contributed by atoms with van der Waals surface area (Å²) in [6.07, 6.45) is 1.71. The zero-order chi connectivity index (χ0) is 20.6. The Hall–Kier alpha value is -2.62. The van der Waals surface area contributed by atoms with Gasteiger partial charge < -0.3 is 4.42 Å². The van der Waals surface area contributed by atoms with Gasteiger partial charge in [-0.05, 0) is 53.4 Å². The number of aromatic nitrogens is 1. The average molecular weight is 423 g/mol. The summed E-state index contributed by atoms with van der Waals surface area (Å²) in [6.45, 7) is 6.59. The van der Waals surface area contributed by atoms with Gasteiger partial charge >= 0.3 is 0 Å². The quantitative estimate of drug-likeness (QED) is 0.315. The lowest BCUT2D eigenvalue weighted by molar-refractivity contribution is 0.589. The van der Waals surface area contributed by atoms with E-state index in [2.05, 4.69) is 42.9 Å². The highest BCUT2D eigenvalue weighted by atomic mass is 35.5. The highest BCUT2D eigenvalue weighted by molar-refractivity contribution is 6.36. The normalized spacial score (nSPS) is 12.2. The summed E-state index contributed by atoms with van der Waals surface area (Å²) in [5.74, 6) is 0.599. The Kier molecular flexibility index (Phi) is 5.20. The maximum atomic E-state index is 6.20. The molecular formula is C24H20Cl2N2O. The molecule has 0 fully saturated rings. The van der Waals surface area contributed by atoms with Crippen molar-refractivity contribution in [2.75, 3.05) is 0 Å². The zero-order valence-corrected chi connectivity index (χ0v) is 17.9. The van der Waals surface area contributed by atoms with E-state index >= 15 is 0 Å². The Bertz CT molecular complexity index is 1200. The third kappa shape index (κ3) is 4.36. The van der Waals surface area contributed by atoms with Crippen molar-refractivity contribution in [3.63, 3.8) is 0 Å². The molecule has 0 atom stereocenters. The largest absolute Gasteiger partial charge is 0.436 e. The summed E-state index contributed by atoms with van der Waals surface area (Å²) in [5, 5.41) is 1.16. The molecule has 0 aliphatic carbocycles. The predicted octanol–water partition coefficient (Wildman–Crippen LogP) is 7.85. The van der Waals surface area contributed by atoms with Crippen LogP contribution in [0.2, 0.25) is 10.0 Å². The summed E-state index contributed by atoms with van der Waals surface area (Å²) in [4.78, 5) is 9.14. The summed E-state index contributed by atoms with van der Waals surface area (Å²) < 4.78 is 5.93. The lowest BCUT2D eigenvalue weighted by Gasteiger charge is -2.18. The van der Waals surface area contributed by atoms with Gasteiger partial charge in [-0.15, -0.1) is 0 Å². The van der Waals surface area contributed by atoms with E-state index in [1.54, 1.807) is 18.3 Å². The van der Waals surface area contributed by atoms with Crippen molar-refractivity contribution in [3.05, 3.63) is 81.8 Å². The van der Waals surface area contributed by atoms with Gasteiger partial charge in [0.1, 0.15) is 5.52 Å². The first-order chi connectivity index (χ1) is 13.8. The molecule has 29 heavy (non-hydrogen) atoms. The minimum atomic E-state index is 0.111. The topological polar surface area (TPSA) is 38.4 Å². The lowest BCUT2D eigenvalue weighted by Crippen LogP contribution is -2.10. The van der Waals surface area contributed by atoms with Crippen LogP contribution in [0.15, 0.2) is 70.1 Å². The van der Waals surface area contributed by atoms with E-state index in [1.807, 2.05) is 36.4 Å². The van der Waals surface area contributed by atoms with Gasteiger partial charge in [0, 0.05) is 22.4 Å². The third-order valence-corrected chi connectivity index (χ3v) is 5.25. The van der Waals surface area contributed by atoms with E-state index in [0.29, 0.717) is 15.9 Å². The minimum Gasteiger partial charge on any atom is -0.436 e. The molecular weight excluding hydrogens is 403 g/mol. The predicted molar refractivity (Wildman–Crippen MR) is 122 cm³/mol. The molecule has 0 amide bonds. The molecule has 5 heteroatoms. The maximum absolute atomic E-state index is 6.20. The van der Waals surface area contributed by atoms with Crippen LogP contribution in [0.1, 0.15) is 31.9 Å². The number of hydrogen-bond acceptors (Lipinski definition) is 3. The monoisotopic (exact) mass is 422 g/mol. The summed E-state index contributed by atoms with van der Waals surface area (Å²) in [6, 6.07) is 19.3. The zero-order valence-electron chi connectivity index (χ0n) is 16.4. The van der Waals surface area contributed by atoms with Gasteiger partial charge in [0.15, 0.2) is 5.58 Å². The molecule has 0 bridgehead atoms. The Labute approximate surface area is 180 Å². The highest BCUT2D eigenvalue weighted by Crippen LogP contribution is 2.29. The number of nitrogens with zero attached hydrogens (tertiary/aromatic N) is 2. The fraction of sp³-hybridized carbons (Fsp3) is 0.167. The van der Waals surface area contributed by atoms with Crippen molar-refractivity contribution >= 4 is 46.2 Å². The van der Waals surface area contributed by atoms with Crippen LogP contribution in [0.3, 0.4) is 0 Å². The second-order valence-corrected chi connectivity index (χ2v) is 8.77. The molecule has 0 N–H and O–H groups in total. The van der Waals surface area contributed by atoms with Crippen LogP contribution in [-0.2, 0) is 5.41 Å². The summed E-state index contributed by atoms with van der Waals surface area (Å²) in [5.41, 5.74) is 5.39. The molecule has 0 unspecified atom stereocenters. The van der Waals surface area contributed by atoms with Gasteiger partial charge in [-0.2, -0.15) is 0 Å². The molecule has 0 saturated heterocycles. The van der Waals surface area contributed by atoms with Gasteiger partial charge in [-0.1, -0.05) is 62.2 Å². The van der Waals surface area contributed by atoms with Crippen molar-refractivity contribution in [1.29, 1.82) is 0 Å². The van der Waals surface area contributed by atoms with E-state index in [4.69, 9.17) is 27.6 Å².